The summed E-state index contributed by atoms with van der Waals surface area (Å²) in [6.07, 6.45) is 2.17. The maximum Gasteiger partial charge on any atom is 0.191 e. The molecule has 0 amide bonds. The first-order valence-electron chi connectivity index (χ1n) is 11.4. The van der Waals surface area contributed by atoms with Crippen LogP contribution >= 0.6 is 0 Å². The lowest BCUT2D eigenvalue weighted by Gasteiger charge is -2.31. The van der Waals surface area contributed by atoms with Crippen LogP contribution in [0.1, 0.15) is 30.9 Å². The van der Waals surface area contributed by atoms with Gasteiger partial charge < -0.3 is 20.1 Å². The van der Waals surface area contributed by atoms with E-state index in [4.69, 9.17) is 9.47 Å². The average molecular weight is 443 g/mol. The number of halogens is 1. The van der Waals surface area contributed by atoms with E-state index in [0.717, 1.165) is 50.5 Å². The Kier molecular flexibility index (Phi) is 9.78. The topological polar surface area (TPSA) is 58.1 Å². The summed E-state index contributed by atoms with van der Waals surface area (Å²) in [6, 6.07) is 15.4. The van der Waals surface area contributed by atoms with Crippen LogP contribution in [0.5, 0.6) is 5.75 Å². The van der Waals surface area contributed by atoms with Crippen LogP contribution in [0, 0.1) is 5.82 Å². The normalized spacial score (nSPS) is 15.1. The Balaban J connectivity index is 1.49. The molecule has 0 unspecified atom stereocenters. The Morgan fingerprint density at radius 3 is 2.75 bits per heavy atom. The monoisotopic (exact) mass is 442 g/mol. The standard InChI is InChI=1S/C25H35FN4O2/c1-3-27-25(29-19-21-8-4-5-10-24(21)26)28-18-20-7-6-9-23(17-20)32-16-13-30(2)22-11-14-31-15-12-22/h4-10,17,22H,3,11-16,18-19H2,1-2H3,(H2,27,28,29). The first-order valence-corrected chi connectivity index (χ1v) is 11.4. The molecule has 0 atom stereocenters. The van der Waals surface area contributed by atoms with Crippen molar-refractivity contribution in [3.05, 3.63) is 65.5 Å². The summed E-state index contributed by atoms with van der Waals surface area (Å²) < 4.78 is 25.3. The zero-order chi connectivity index (χ0) is 22.6. The largest absolute Gasteiger partial charge is 0.492 e. The van der Waals surface area contributed by atoms with Gasteiger partial charge in [0.05, 0.1) is 6.54 Å². The number of hydrogen-bond acceptors (Lipinski definition) is 4. The number of aliphatic imine (C=N–C) groups is 1. The molecule has 3 rings (SSSR count). The summed E-state index contributed by atoms with van der Waals surface area (Å²) in [7, 11) is 2.15. The van der Waals surface area contributed by atoms with Crippen LogP contribution in [0.2, 0.25) is 0 Å². The molecule has 174 valence electrons. The fourth-order valence-corrected chi connectivity index (χ4v) is 3.68. The second-order valence-electron chi connectivity index (χ2n) is 7.96. The summed E-state index contributed by atoms with van der Waals surface area (Å²) in [5, 5.41) is 6.40. The molecule has 1 saturated heterocycles. The van der Waals surface area contributed by atoms with E-state index >= 15 is 0 Å². The maximum atomic E-state index is 13.9. The van der Waals surface area contributed by atoms with Gasteiger partial charge in [-0.25, -0.2) is 9.38 Å². The molecule has 0 aliphatic carbocycles. The van der Waals surface area contributed by atoms with Crippen molar-refractivity contribution in [2.75, 3.05) is 40.0 Å². The average Bonchev–Trinajstić information content (AvgIpc) is 2.82. The molecule has 0 radical (unpaired) electrons. The number of guanidine groups is 1. The van der Waals surface area contributed by atoms with Gasteiger partial charge in [0.1, 0.15) is 18.2 Å². The summed E-state index contributed by atoms with van der Waals surface area (Å²) in [5.74, 6) is 1.28. The predicted molar refractivity (Wildman–Crippen MR) is 126 cm³/mol. The van der Waals surface area contributed by atoms with Crippen LogP contribution in [-0.4, -0.2) is 56.9 Å². The molecule has 6 nitrogen and oxygen atoms in total. The van der Waals surface area contributed by atoms with E-state index < -0.39 is 0 Å². The Morgan fingerprint density at radius 1 is 1.16 bits per heavy atom. The van der Waals surface area contributed by atoms with E-state index in [0.29, 0.717) is 37.3 Å². The highest BCUT2D eigenvalue weighted by molar-refractivity contribution is 5.79. The molecular formula is C25H35FN4O2. The van der Waals surface area contributed by atoms with Crippen LogP contribution in [0.25, 0.3) is 0 Å². The first-order chi connectivity index (χ1) is 15.7. The highest BCUT2D eigenvalue weighted by Crippen LogP contribution is 2.16. The minimum absolute atomic E-state index is 0.219. The van der Waals surface area contributed by atoms with Gasteiger partial charge >= 0.3 is 0 Å². The third kappa shape index (κ3) is 7.80. The third-order valence-electron chi connectivity index (χ3n) is 5.59. The second-order valence-corrected chi connectivity index (χ2v) is 7.96. The second kappa shape index (κ2) is 13.0. The van der Waals surface area contributed by atoms with E-state index in [9.17, 15) is 4.39 Å². The van der Waals surface area contributed by atoms with E-state index in [1.54, 1.807) is 12.1 Å². The van der Waals surface area contributed by atoms with Crippen LogP contribution in [0.15, 0.2) is 53.5 Å². The summed E-state index contributed by atoms with van der Waals surface area (Å²) in [4.78, 5) is 7.00. The van der Waals surface area contributed by atoms with Crippen LogP contribution in [0.3, 0.4) is 0 Å². The van der Waals surface area contributed by atoms with Crippen molar-refractivity contribution in [2.45, 2.75) is 38.9 Å². The van der Waals surface area contributed by atoms with Crippen LogP contribution < -0.4 is 15.4 Å². The zero-order valence-electron chi connectivity index (χ0n) is 19.1. The Labute approximate surface area is 190 Å². The minimum Gasteiger partial charge on any atom is -0.492 e. The highest BCUT2D eigenvalue weighted by atomic mass is 19.1. The Hall–Kier alpha value is -2.64. The van der Waals surface area contributed by atoms with Crippen molar-refractivity contribution in [2.24, 2.45) is 4.99 Å². The van der Waals surface area contributed by atoms with Gasteiger partial charge in [0, 0.05) is 44.5 Å². The van der Waals surface area contributed by atoms with E-state index in [1.165, 1.54) is 6.07 Å². The molecule has 32 heavy (non-hydrogen) atoms. The SMILES string of the molecule is CCNC(=NCc1cccc(OCCN(C)C2CCOCC2)c1)NCc1ccccc1F. The van der Waals surface area contributed by atoms with Gasteiger partial charge in [-0.05, 0) is 50.6 Å². The van der Waals surface area contributed by atoms with Gasteiger partial charge in [0.2, 0.25) is 0 Å². The van der Waals surface area contributed by atoms with E-state index in [2.05, 4.69) is 27.6 Å². The lowest BCUT2D eigenvalue weighted by atomic mass is 10.1. The molecule has 0 bridgehead atoms. The van der Waals surface area contributed by atoms with Crippen molar-refractivity contribution < 1.29 is 13.9 Å². The van der Waals surface area contributed by atoms with Crippen LogP contribution in [0.4, 0.5) is 4.39 Å². The van der Waals surface area contributed by atoms with Crippen molar-refractivity contribution in [1.82, 2.24) is 15.5 Å². The predicted octanol–water partition coefficient (Wildman–Crippen LogP) is 3.57. The third-order valence-corrected chi connectivity index (χ3v) is 5.59. The number of hydrogen-bond donors (Lipinski definition) is 2. The van der Waals surface area contributed by atoms with E-state index in [1.807, 2.05) is 37.3 Å². The van der Waals surface area contributed by atoms with Gasteiger partial charge in [-0.15, -0.1) is 0 Å². The van der Waals surface area contributed by atoms with Gasteiger partial charge in [-0.1, -0.05) is 30.3 Å². The molecule has 2 aromatic carbocycles. The number of nitrogens with one attached hydrogen (secondary N) is 2. The minimum atomic E-state index is -0.219. The smallest absolute Gasteiger partial charge is 0.191 e. The summed E-state index contributed by atoms with van der Waals surface area (Å²) >= 11 is 0. The van der Waals surface area contributed by atoms with Gasteiger partial charge in [0.15, 0.2) is 5.96 Å². The number of ether oxygens (including phenoxy) is 2. The van der Waals surface area contributed by atoms with Crippen molar-refractivity contribution >= 4 is 5.96 Å². The molecule has 7 heteroatoms. The fourth-order valence-electron chi connectivity index (χ4n) is 3.68. The van der Waals surface area contributed by atoms with Crippen molar-refractivity contribution in [1.29, 1.82) is 0 Å². The number of benzene rings is 2. The molecule has 0 spiro atoms. The fraction of sp³-hybridized carbons (Fsp3) is 0.480. The number of nitrogens with zero attached hydrogens (tertiary/aromatic N) is 2. The lowest BCUT2D eigenvalue weighted by Crippen LogP contribution is -2.38. The molecule has 1 aliphatic rings. The molecular weight excluding hydrogens is 407 g/mol. The molecule has 1 heterocycles. The molecule has 2 N–H and O–H groups in total. The van der Waals surface area contributed by atoms with Crippen molar-refractivity contribution in [3.63, 3.8) is 0 Å². The summed E-state index contributed by atoms with van der Waals surface area (Å²) in [6.45, 7) is 6.85. The van der Waals surface area contributed by atoms with Crippen LogP contribution in [-0.2, 0) is 17.8 Å². The lowest BCUT2D eigenvalue weighted by molar-refractivity contribution is 0.0392. The Bertz CT molecular complexity index is 855. The molecule has 2 aromatic rings. The molecule has 1 fully saturated rings. The molecule has 1 aliphatic heterocycles. The Morgan fingerprint density at radius 2 is 1.97 bits per heavy atom. The number of likely N-dealkylation sites (N-methyl/N-ethyl adjacent to an activating group) is 1. The van der Waals surface area contributed by atoms with Crippen molar-refractivity contribution in [3.8, 4) is 5.75 Å². The molecule has 0 saturated carbocycles. The van der Waals surface area contributed by atoms with Gasteiger partial charge in [0.25, 0.3) is 0 Å². The maximum absolute atomic E-state index is 13.9. The van der Waals surface area contributed by atoms with Gasteiger partial charge in [-0.3, -0.25) is 4.90 Å². The first kappa shape index (κ1) is 24.0. The molecule has 0 aromatic heterocycles. The van der Waals surface area contributed by atoms with Gasteiger partial charge in [-0.2, -0.15) is 0 Å². The number of rotatable bonds is 10. The summed E-state index contributed by atoms with van der Waals surface area (Å²) in [5.41, 5.74) is 1.67. The quantitative estimate of drug-likeness (QED) is 0.435. The highest BCUT2D eigenvalue weighted by Gasteiger charge is 2.17. The van der Waals surface area contributed by atoms with E-state index in [-0.39, 0.29) is 5.82 Å². The zero-order valence-corrected chi connectivity index (χ0v) is 19.1.